The van der Waals surface area contributed by atoms with Crippen molar-refractivity contribution in [3.05, 3.63) is 29.3 Å². The van der Waals surface area contributed by atoms with Crippen molar-refractivity contribution in [1.29, 1.82) is 0 Å². The van der Waals surface area contributed by atoms with Gasteiger partial charge in [0.25, 0.3) is 0 Å². The number of alkyl halides is 1. The van der Waals surface area contributed by atoms with E-state index in [1.165, 1.54) is 11.1 Å². The molecule has 0 radical (unpaired) electrons. The molecule has 1 aliphatic rings. The van der Waals surface area contributed by atoms with Crippen molar-refractivity contribution in [3.8, 4) is 0 Å². The Balaban J connectivity index is 2.12. The molecule has 0 spiro atoms. The fourth-order valence-corrected chi connectivity index (χ4v) is 3.07. The number of nitrogens with zero attached hydrogens (tertiary/aromatic N) is 1. The minimum atomic E-state index is 0.262. The highest BCUT2D eigenvalue weighted by atomic mass is 79.9. The number of anilines is 1. The van der Waals surface area contributed by atoms with Gasteiger partial charge in [0.1, 0.15) is 0 Å². The second-order valence-corrected chi connectivity index (χ2v) is 7.36. The quantitative estimate of drug-likeness (QED) is 0.732. The number of fused-ring (bicyclic) bond motifs is 1. The summed E-state index contributed by atoms with van der Waals surface area (Å²) in [5.41, 5.74) is 3.82. The van der Waals surface area contributed by atoms with E-state index < -0.39 is 0 Å². The second-order valence-electron chi connectivity index (χ2n) is 6.07. The zero-order valence-electron chi connectivity index (χ0n) is 12.7. The van der Waals surface area contributed by atoms with Crippen LogP contribution in [0, 0.1) is 5.92 Å². The predicted octanol–water partition coefficient (Wildman–Crippen LogP) is 4.34. The third-order valence-corrected chi connectivity index (χ3v) is 4.79. The van der Waals surface area contributed by atoms with Gasteiger partial charge in [-0.1, -0.05) is 48.8 Å². The second kappa shape index (κ2) is 6.75. The van der Waals surface area contributed by atoms with Crippen molar-refractivity contribution < 1.29 is 4.79 Å². The predicted molar refractivity (Wildman–Crippen MR) is 88.7 cm³/mol. The number of amides is 1. The van der Waals surface area contributed by atoms with Crippen LogP contribution in [0.25, 0.3) is 0 Å². The Hall–Kier alpha value is -0.830. The lowest BCUT2D eigenvalue weighted by Crippen LogP contribution is -2.29. The molecular weight excluding hydrogens is 314 g/mol. The van der Waals surface area contributed by atoms with Crippen molar-refractivity contribution in [2.24, 2.45) is 5.92 Å². The summed E-state index contributed by atoms with van der Waals surface area (Å²) in [5, 5.41) is 0. The molecule has 2 nitrogen and oxygen atoms in total. The Morgan fingerprint density at radius 2 is 2.15 bits per heavy atom. The lowest BCUT2D eigenvalue weighted by atomic mass is 10.0. The van der Waals surface area contributed by atoms with Crippen molar-refractivity contribution in [2.45, 2.75) is 51.3 Å². The number of carbonyl (C=O) groups is 1. The first kappa shape index (κ1) is 15.6. The summed E-state index contributed by atoms with van der Waals surface area (Å²) in [6, 6.07) is 6.58. The van der Waals surface area contributed by atoms with Crippen LogP contribution in [0.1, 0.15) is 44.7 Å². The highest BCUT2D eigenvalue weighted by molar-refractivity contribution is 9.09. The van der Waals surface area contributed by atoms with Gasteiger partial charge in [-0.15, -0.1) is 0 Å². The smallest absolute Gasteiger partial charge is 0.227 e. The Labute approximate surface area is 130 Å². The van der Waals surface area contributed by atoms with Gasteiger partial charge in [-0.05, 0) is 42.4 Å². The van der Waals surface area contributed by atoms with E-state index in [1.54, 1.807) is 0 Å². The number of rotatable bonds is 5. The Kier molecular flexibility index (Phi) is 5.25. The van der Waals surface area contributed by atoms with E-state index in [2.05, 4.69) is 54.9 Å². The fraction of sp³-hybridized carbons (Fsp3) is 0.588. The molecule has 0 fully saturated rings. The van der Waals surface area contributed by atoms with Crippen LogP contribution in [-0.2, 0) is 17.6 Å². The van der Waals surface area contributed by atoms with Crippen LogP contribution < -0.4 is 4.90 Å². The number of hydrogen-bond acceptors (Lipinski definition) is 1. The van der Waals surface area contributed by atoms with Gasteiger partial charge in [-0.2, -0.15) is 0 Å². The minimum Gasteiger partial charge on any atom is -0.312 e. The molecule has 1 aliphatic heterocycles. The molecule has 0 aromatic heterocycles. The Bertz CT molecular complexity index is 484. The maximum atomic E-state index is 12.2. The summed E-state index contributed by atoms with van der Waals surface area (Å²) in [6.45, 7) is 7.23. The van der Waals surface area contributed by atoms with Crippen molar-refractivity contribution in [1.82, 2.24) is 0 Å². The number of carbonyl (C=O) groups excluding carboxylic acids is 1. The van der Waals surface area contributed by atoms with Gasteiger partial charge >= 0.3 is 0 Å². The zero-order chi connectivity index (χ0) is 14.7. The van der Waals surface area contributed by atoms with Crippen LogP contribution in [0.3, 0.4) is 0 Å². The molecule has 2 rings (SSSR count). The highest BCUT2D eigenvalue weighted by Gasteiger charge is 2.25. The Morgan fingerprint density at radius 1 is 1.40 bits per heavy atom. The van der Waals surface area contributed by atoms with Gasteiger partial charge in [-0.25, -0.2) is 0 Å². The third-order valence-electron chi connectivity index (χ3n) is 3.82. The highest BCUT2D eigenvalue weighted by Crippen LogP contribution is 2.30. The molecule has 1 aromatic carbocycles. The number of hydrogen-bond donors (Lipinski definition) is 0. The van der Waals surface area contributed by atoms with Gasteiger partial charge in [0, 0.05) is 23.5 Å². The topological polar surface area (TPSA) is 20.3 Å². The van der Waals surface area contributed by atoms with Gasteiger partial charge in [0.2, 0.25) is 5.91 Å². The summed E-state index contributed by atoms with van der Waals surface area (Å²) >= 11 is 3.69. The van der Waals surface area contributed by atoms with E-state index in [1.807, 2.05) is 4.90 Å². The first-order chi connectivity index (χ1) is 9.51. The summed E-state index contributed by atoms with van der Waals surface area (Å²) in [4.78, 5) is 14.8. The fourth-order valence-electron chi connectivity index (χ4n) is 2.70. The molecule has 3 heteroatoms. The molecule has 1 unspecified atom stereocenters. The molecule has 0 saturated heterocycles. The average molecular weight is 338 g/mol. The van der Waals surface area contributed by atoms with Gasteiger partial charge in [-0.3, -0.25) is 4.79 Å². The lowest BCUT2D eigenvalue weighted by Gasteiger charge is -2.19. The molecule has 1 aromatic rings. The van der Waals surface area contributed by atoms with E-state index in [0.717, 1.165) is 31.5 Å². The molecule has 0 bridgehead atoms. The van der Waals surface area contributed by atoms with Crippen LogP contribution in [0.5, 0.6) is 0 Å². The average Bonchev–Trinajstić information content (AvgIpc) is 2.80. The van der Waals surface area contributed by atoms with Gasteiger partial charge in [0.15, 0.2) is 0 Å². The molecule has 1 amide bonds. The summed E-state index contributed by atoms with van der Waals surface area (Å²) in [5.74, 6) is 0.683. The molecule has 110 valence electrons. The molecular formula is C17H24BrNO. The largest absolute Gasteiger partial charge is 0.312 e. The molecule has 0 saturated carbocycles. The number of benzene rings is 1. The normalized spacial score (nSPS) is 15.6. The third kappa shape index (κ3) is 3.63. The van der Waals surface area contributed by atoms with Crippen LogP contribution in [0.15, 0.2) is 18.2 Å². The van der Waals surface area contributed by atoms with Crippen LogP contribution in [0.4, 0.5) is 5.69 Å². The molecule has 0 aliphatic carbocycles. The van der Waals surface area contributed by atoms with Gasteiger partial charge < -0.3 is 4.90 Å². The first-order valence-electron chi connectivity index (χ1n) is 7.57. The number of halogens is 1. The monoisotopic (exact) mass is 337 g/mol. The SMILES string of the molecule is CCC(Br)Cc1ccc2c(c1)CCN2C(=O)CC(C)C. The zero-order valence-corrected chi connectivity index (χ0v) is 14.2. The summed E-state index contributed by atoms with van der Waals surface area (Å²) in [7, 11) is 0. The maximum Gasteiger partial charge on any atom is 0.227 e. The maximum absolute atomic E-state index is 12.2. The van der Waals surface area contributed by atoms with Crippen molar-refractivity contribution in [3.63, 3.8) is 0 Å². The van der Waals surface area contributed by atoms with E-state index in [0.29, 0.717) is 17.2 Å². The van der Waals surface area contributed by atoms with E-state index >= 15 is 0 Å². The van der Waals surface area contributed by atoms with E-state index in [-0.39, 0.29) is 5.91 Å². The van der Waals surface area contributed by atoms with Crippen LogP contribution >= 0.6 is 15.9 Å². The Morgan fingerprint density at radius 3 is 2.80 bits per heavy atom. The van der Waals surface area contributed by atoms with Crippen LogP contribution in [-0.4, -0.2) is 17.3 Å². The van der Waals surface area contributed by atoms with E-state index in [4.69, 9.17) is 0 Å². The summed E-state index contributed by atoms with van der Waals surface area (Å²) < 4.78 is 0. The molecule has 0 N–H and O–H groups in total. The lowest BCUT2D eigenvalue weighted by molar-refractivity contribution is -0.119. The summed E-state index contributed by atoms with van der Waals surface area (Å²) in [6.07, 6.45) is 3.83. The van der Waals surface area contributed by atoms with Crippen LogP contribution in [0.2, 0.25) is 0 Å². The van der Waals surface area contributed by atoms with E-state index in [9.17, 15) is 4.79 Å². The first-order valence-corrected chi connectivity index (χ1v) is 8.49. The molecule has 20 heavy (non-hydrogen) atoms. The standard InChI is InChI=1S/C17H24BrNO/c1-4-15(18)11-13-5-6-16-14(10-13)7-8-19(16)17(20)9-12(2)3/h5-6,10,12,15H,4,7-9,11H2,1-3H3. The molecule has 1 atom stereocenters. The van der Waals surface area contributed by atoms with Crippen molar-refractivity contribution in [2.75, 3.05) is 11.4 Å². The van der Waals surface area contributed by atoms with Gasteiger partial charge in [0.05, 0.1) is 0 Å². The molecule has 1 heterocycles. The van der Waals surface area contributed by atoms with Crippen molar-refractivity contribution >= 4 is 27.5 Å². The minimum absolute atomic E-state index is 0.262.